The number of carbonyl (C=O) groups excluding carboxylic acids is 1. The molecule has 9 nitrogen and oxygen atoms in total. The molecule has 0 aromatic carbocycles. The number of sulfonamides is 1. The maximum Gasteiger partial charge on any atom is 0.246 e. The quantitative estimate of drug-likeness (QED) is 0.750. The maximum atomic E-state index is 13.0. The smallest absolute Gasteiger partial charge is 0.246 e. The van der Waals surface area contributed by atoms with E-state index in [9.17, 15) is 18.5 Å². The molecule has 0 saturated carbocycles. The summed E-state index contributed by atoms with van der Waals surface area (Å²) in [6, 6.07) is 2.12. The average Bonchev–Trinajstić information content (AvgIpc) is 2.89. The fourth-order valence-corrected chi connectivity index (χ4v) is 4.67. The molecule has 1 aromatic rings. The molecule has 0 unspecified atom stereocenters. The first-order chi connectivity index (χ1) is 12.5. The number of hydrogen-bond acceptors (Lipinski definition) is 6. The number of carbonyl (C=O) groups is 1. The van der Waals surface area contributed by atoms with Crippen LogP contribution in [0.1, 0.15) is 32.2 Å². The number of morpholine rings is 1. The van der Waals surface area contributed by atoms with Gasteiger partial charge in [0.2, 0.25) is 15.9 Å². The van der Waals surface area contributed by atoms with Gasteiger partial charge < -0.3 is 10.1 Å². The highest BCUT2D eigenvalue weighted by molar-refractivity contribution is 7.89. The summed E-state index contributed by atoms with van der Waals surface area (Å²) in [7, 11) is -3.71. The largest absolute Gasteiger partial charge is 0.379 e. The summed E-state index contributed by atoms with van der Waals surface area (Å²) in [5.41, 5.74) is -0.258. The highest BCUT2D eigenvalue weighted by Gasteiger charge is 2.33. The van der Waals surface area contributed by atoms with Gasteiger partial charge in [-0.05, 0) is 26.7 Å². The Kier molecular flexibility index (Phi) is 6.29. The van der Waals surface area contributed by atoms with Gasteiger partial charge in [0.25, 0.3) is 0 Å². The third-order valence-corrected chi connectivity index (χ3v) is 7.11. The van der Waals surface area contributed by atoms with E-state index in [0.29, 0.717) is 37.7 Å². The molecule has 1 aliphatic rings. The molecule has 2 rings (SSSR count). The van der Waals surface area contributed by atoms with E-state index in [4.69, 9.17) is 4.74 Å². The number of nitriles is 1. The SMILES string of the molecule is Cc1nn(CC(=O)N[C@@](C)(C#N)C(C)C)c(C)c1S(=O)(=O)N1CCOCC1. The Morgan fingerprint density at radius 1 is 1.37 bits per heavy atom. The zero-order chi connectivity index (χ0) is 20.4. The van der Waals surface area contributed by atoms with Gasteiger partial charge in [0.05, 0.1) is 30.7 Å². The van der Waals surface area contributed by atoms with Crippen LogP contribution < -0.4 is 5.32 Å². The second-order valence-electron chi connectivity index (χ2n) is 7.19. The molecule has 27 heavy (non-hydrogen) atoms. The predicted octanol–water partition coefficient (Wildman–Crippen LogP) is 0.575. The number of rotatable bonds is 6. The molecule has 10 heteroatoms. The first-order valence-corrected chi connectivity index (χ1v) is 10.3. The zero-order valence-corrected chi connectivity index (χ0v) is 17.3. The Morgan fingerprint density at radius 2 is 1.96 bits per heavy atom. The van der Waals surface area contributed by atoms with Crippen molar-refractivity contribution < 1.29 is 17.9 Å². The first kappa shape index (κ1) is 21.3. The molecule has 1 fully saturated rings. The lowest BCUT2D eigenvalue weighted by Crippen LogP contribution is -2.50. The standard InChI is InChI=1S/C17H27N5O4S/c1-12(2)17(5,11-18)19-15(23)10-22-14(4)16(13(3)20-22)27(24,25)21-6-8-26-9-7-21/h12H,6-10H2,1-5H3,(H,19,23)/t17-/m0/s1. The number of hydrogen-bond donors (Lipinski definition) is 1. The van der Waals surface area contributed by atoms with E-state index in [1.807, 2.05) is 13.8 Å². The third kappa shape index (κ3) is 4.31. The van der Waals surface area contributed by atoms with Gasteiger partial charge in [-0.2, -0.15) is 14.7 Å². The zero-order valence-electron chi connectivity index (χ0n) is 16.4. The second-order valence-corrected chi connectivity index (χ2v) is 9.07. The summed E-state index contributed by atoms with van der Waals surface area (Å²) < 4.78 is 33.9. The normalized spacial score (nSPS) is 18.1. The van der Waals surface area contributed by atoms with Crippen LogP contribution in [0.3, 0.4) is 0 Å². The number of nitrogens with one attached hydrogen (secondary N) is 1. The molecule has 0 aliphatic carbocycles. The first-order valence-electron chi connectivity index (χ1n) is 8.87. The lowest BCUT2D eigenvalue weighted by molar-refractivity contribution is -0.123. The van der Waals surface area contributed by atoms with Crippen molar-refractivity contribution in [3.05, 3.63) is 11.4 Å². The number of aryl methyl sites for hydroxylation is 1. The molecule has 0 spiro atoms. The topological polar surface area (TPSA) is 117 Å². The number of aromatic nitrogens is 2. The van der Waals surface area contributed by atoms with Crippen LogP contribution in [0.15, 0.2) is 4.90 Å². The van der Waals surface area contributed by atoms with E-state index in [1.54, 1.807) is 20.8 Å². The Hall–Kier alpha value is -1.96. The lowest BCUT2D eigenvalue weighted by atomic mass is 9.90. The van der Waals surface area contributed by atoms with Gasteiger partial charge in [-0.1, -0.05) is 13.8 Å². The summed E-state index contributed by atoms with van der Waals surface area (Å²) in [6.45, 7) is 9.74. The monoisotopic (exact) mass is 397 g/mol. The van der Waals surface area contributed by atoms with E-state index in [-0.39, 0.29) is 17.4 Å². The van der Waals surface area contributed by atoms with Gasteiger partial charge in [0.15, 0.2) is 0 Å². The van der Waals surface area contributed by atoms with Crippen LogP contribution in [0.5, 0.6) is 0 Å². The van der Waals surface area contributed by atoms with Gasteiger partial charge in [-0.25, -0.2) is 8.42 Å². The van der Waals surface area contributed by atoms with Crippen LogP contribution in [0.4, 0.5) is 0 Å². The van der Waals surface area contributed by atoms with Crippen LogP contribution in [0, 0.1) is 31.1 Å². The summed E-state index contributed by atoms with van der Waals surface area (Å²) in [5.74, 6) is -0.474. The minimum Gasteiger partial charge on any atom is -0.379 e. The fraction of sp³-hybridized carbons (Fsp3) is 0.706. The molecular weight excluding hydrogens is 370 g/mol. The van der Waals surface area contributed by atoms with Gasteiger partial charge in [0.1, 0.15) is 17.0 Å². The highest BCUT2D eigenvalue weighted by Crippen LogP contribution is 2.24. The molecular formula is C17H27N5O4S. The molecule has 2 heterocycles. The van der Waals surface area contributed by atoms with Gasteiger partial charge in [-0.3, -0.25) is 9.48 Å². The van der Waals surface area contributed by atoms with Crippen molar-refractivity contribution in [2.75, 3.05) is 26.3 Å². The fourth-order valence-electron chi connectivity index (χ4n) is 2.89. The summed E-state index contributed by atoms with van der Waals surface area (Å²) >= 11 is 0. The third-order valence-electron chi connectivity index (χ3n) is 4.96. The predicted molar refractivity (Wildman–Crippen MR) is 98.3 cm³/mol. The minimum atomic E-state index is -3.71. The Morgan fingerprint density at radius 3 is 2.48 bits per heavy atom. The Labute approximate surface area is 160 Å². The lowest BCUT2D eigenvalue weighted by Gasteiger charge is -2.27. The molecule has 1 amide bonds. The highest BCUT2D eigenvalue weighted by atomic mass is 32.2. The van der Waals surface area contributed by atoms with Crippen molar-refractivity contribution in [2.24, 2.45) is 5.92 Å². The molecule has 1 N–H and O–H groups in total. The van der Waals surface area contributed by atoms with E-state index >= 15 is 0 Å². The summed E-state index contributed by atoms with van der Waals surface area (Å²) in [6.07, 6.45) is 0. The summed E-state index contributed by atoms with van der Waals surface area (Å²) in [4.78, 5) is 12.5. The second kappa shape index (κ2) is 7.96. The van der Waals surface area contributed by atoms with Crippen molar-refractivity contribution >= 4 is 15.9 Å². The van der Waals surface area contributed by atoms with Crippen molar-refractivity contribution in [3.8, 4) is 6.07 Å². The van der Waals surface area contributed by atoms with Gasteiger partial charge in [0, 0.05) is 13.1 Å². The van der Waals surface area contributed by atoms with Crippen molar-refractivity contribution in [1.29, 1.82) is 5.26 Å². The molecule has 1 aromatic heterocycles. The Balaban J connectivity index is 2.25. The maximum absolute atomic E-state index is 13.0. The van der Waals surface area contributed by atoms with Crippen LogP contribution in [0.2, 0.25) is 0 Å². The Bertz CT molecular complexity index is 849. The molecule has 0 radical (unpaired) electrons. The van der Waals surface area contributed by atoms with E-state index in [0.717, 1.165) is 0 Å². The average molecular weight is 398 g/mol. The molecule has 1 atom stereocenters. The van der Waals surface area contributed by atoms with Crippen LogP contribution in [-0.2, 0) is 26.1 Å². The molecule has 0 bridgehead atoms. The molecule has 1 aliphatic heterocycles. The van der Waals surface area contributed by atoms with Crippen molar-refractivity contribution in [2.45, 2.75) is 51.6 Å². The van der Waals surface area contributed by atoms with E-state index in [2.05, 4.69) is 16.5 Å². The van der Waals surface area contributed by atoms with Crippen LogP contribution in [0.25, 0.3) is 0 Å². The van der Waals surface area contributed by atoms with Crippen LogP contribution >= 0.6 is 0 Å². The van der Waals surface area contributed by atoms with Crippen molar-refractivity contribution in [1.82, 2.24) is 19.4 Å². The molecule has 1 saturated heterocycles. The van der Waals surface area contributed by atoms with E-state index in [1.165, 1.54) is 8.99 Å². The number of nitrogens with zero attached hydrogens (tertiary/aromatic N) is 4. The minimum absolute atomic E-state index is 0.0795. The van der Waals surface area contributed by atoms with Gasteiger partial charge >= 0.3 is 0 Å². The summed E-state index contributed by atoms with van der Waals surface area (Å²) in [5, 5.41) is 16.3. The van der Waals surface area contributed by atoms with E-state index < -0.39 is 21.5 Å². The van der Waals surface area contributed by atoms with Gasteiger partial charge in [-0.15, -0.1) is 0 Å². The number of ether oxygens (including phenoxy) is 1. The van der Waals surface area contributed by atoms with Crippen LogP contribution in [-0.4, -0.2) is 60.3 Å². The number of amides is 1. The van der Waals surface area contributed by atoms with Crippen molar-refractivity contribution in [3.63, 3.8) is 0 Å². The molecule has 150 valence electrons.